The van der Waals surface area contributed by atoms with Crippen molar-refractivity contribution in [2.75, 3.05) is 20.8 Å². The second kappa shape index (κ2) is 7.46. The van der Waals surface area contributed by atoms with Crippen molar-refractivity contribution >= 4 is 0 Å². The van der Waals surface area contributed by atoms with Crippen molar-refractivity contribution in [1.29, 1.82) is 0 Å². The van der Waals surface area contributed by atoms with Gasteiger partial charge in [0.25, 0.3) is 0 Å². The van der Waals surface area contributed by atoms with E-state index in [1.807, 2.05) is 13.0 Å². The lowest BCUT2D eigenvalue weighted by Crippen LogP contribution is -2.35. The molecule has 1 aromatic rings. The molecule has 0 saturated heterocycles. The number of benzene rings is 1. The lowest BCUT2D eigenvalue weighted by Gasteiger charge is -2.26. The average Bonchev–Trinajstić information content (AvgIpc) is 2.33. The van der Waals surface area contributed by atoms with Gasteiger partial charge in [-0.2, -0.15) is 0 Å². The maximum atomic E-state index is 13.5. The molecule has 102 valence electrons. The summed E-state index contributed by atoms with van der Waals surface area (Å²) in [6.45, 7) is 4.77. The fraction of sp³-hybridized carbons (Fsp3) is 0.571. The van der Waals surface area contributed by atoms with Gasteiger partial charge in [0.2, 0.25) is 0 Å². The number of aryl methyl sites for hydroxylation is 1. The van der Waals surface area contributed by atoms with Gasteiger partial charge in [-0.05, 0) is 43.1 Å². The number of halogens is 1. The molecular formula is C14H22FNO2. The van der Waals surface area contributed by atoms with Crippen LogP contribution in [0.3, 0.4) is 0 Å². The van der Waals surface area contributed by atoms with Crippen LogP contribution < -0.4 is 5.32 Å². The summed E-state index contributed by atoms with van der Waals surface area (Å²) in [5.74, 6) is -0.237. The number of methoxy groups -OCH3 is 2. The maximum Gasteiger partial charge on any atom is 0.176 e. The number of ether oxygens (including phenoxy) is 2. The Morgan fingerprint density at radius 3 is 2.39 bits per heavy atom. The normalized spacial score (nSPS) is 13.0. The van der Waals surface area contributed by atoms with E-state index >= 15 is 0 Å². The van der Waals surface area contributed by atoms with Crippen LogP contribution in [-0.2, 0) is 9.47 Å². The van der Waals surface area contributed by atoms with Crippen molar-refractivity contribution in [2.45, 2.75) is 32.6 Å². The first kappa shape index (κ1) is 15.1. The Hall–Kier alpha value is -0.970. The maximum absolute atomic E-state index is 13.5. The van der Waals surface area contributed by atoms with E-state index in [4.69, 9.17) is 9.47 Å². The zero-order chi connectivity index (χ0) is 13.5. The molecule has 1 unspecified atom stereocenters. The lowest BCUT2D eigenvalue weighted by molar-refractivity contribution is -0.124. The molecule has 3 nitrogen and oxygen atoms in total. The molecule has 4 heteroatoms. The smallest absolute Gasteiger partial charge is 0.176 e. The molecular weight excluding hydrogens is 233 g/mol. The van der Waals surface area contributed by atoms with E-state index in [-0.39, 0.29) is 11.9 Å². The molecule has 1 aromatic carbocycles. The quantitative estimate of drug-likeness (QED) is 0.760. The zero-order valence-corrected chi connectivity index (χ0v) is 11.5. The SMILES string of the molecule is CCCNC(c1cc(C)cc(F)c1)C(OC)OC. The second-order valence-electron chi connectivity index (χ2n) is 4.33. The van der Waals surface area contributed by atoms with Crippen LogP contribution in [0, 0.1) is 12.7 Å². The Bertz CT molecular complexity index is 347. The van der Waals surface area contributed by atoms with Crippen LogP contribution in [0.1, 0.15) is 30.5 Å². The summed E-state index contributed by atoms with van der Waals surface area (Å²) in [4.78, 5) is 0. The number of hydrogen-bond acceptors (Lipinski definition) is 3. The molecule has 1 atom stereocenters. The Morgan fingerprint density at radius 1 is 1.22 bits per heavy atom. The van der Waals surface area contributed by atoms with Gasteiger partial charge in [-0.15, -0.1) is 0 Å². The number of rotatable bonds is 7. The minimum atomic E-state index is -0.433. The topological polar surface area (TPSA) is 30.5 Å². The van der Waals surface area contributed by atoms with E-state index in [0.717, 1.165) is 24.1 Å². The van der Waals surface area contributed by atoms with Gasteiger partial charge < -0.3 is 14.8 Å². The highest BCUT2D eigenvalue weighted by atomic mass is 19.1. The lowest BCUT2D eigenvalue weighted by atomic mass is 10.0. The molecule has 0 saturated carbocycles. The van der Waals surface area contributed by atoms with Crippen LogP contribution in [0.15, 0.2) is 18.2 Å². The summed E-state index contributed by atoms with van der Waals surface area (Å²) < 4.78 is 24.0. The van der Waals surface area contributed by atoms with Crippen LogP contribution in [0.4, 0.5) is 4.39 Å². The predicted molar refractivity (Wildman–Crippen MR) is 70.0 cm³/mol. The molecule has 0 aliphatic carbocycles. The van der Waals surface area contributed by atoms with E-state index in [1.165, 1.54) is 12.1 Å². The Morgan fingerprint density at radius 2 is 1.89 bits per heavy atom. The fourth-order valence-corrected chi connectivity index (χ4v) is 1.98. The molecule has 18 heavy (non-hydrogen) atoms. The van der Waals surface area contributed by atoms with Crippen molar-refractivity contribution in [2.24, 2.45) is 0 Å². The van der Waals surface area contributed by atoms with Crippen LogP contribution in [0.5, 0.6) is 0 Å². The Balaban J connectivity index is 2.99. The van der Waals surface area contributed by atoms with E-state index in [9.17, 15) is 4.39 Å². The highest BCUT2D eigenvalue weighted by Crippen LogP contribution is 2.22. The number of hydrogen-bond donors (Lipinski definition) is 1. The summed E-state index contributed by atoms with van der Waals surface area (Å²) in [6.07, 6.45) is 0.558. The standard InChI is InChI=1S/C14H22FNO2/c1-5-6-16-13(14(17-3)18-4)11-7-10(2)8-12(15)9-11/h7-9,13-14,16H,5-6H2,1-4H3. The molecule has 0 heterocycles. The van der Waals surface area contributed by atoms with Gasteiger partial charge in [-0.3, -0.25) is 0 Å². The third kappa shape index (κ3) is 4.05. The van der Waals surface area contributed by atoms with Crippen molar-refractivity contribution in [1.82, 2.24) is 5.32 Å². The van der Waals surface area contributed by atoms with Crippen molar-refractivity contribution in [3.05, 3.63) is 35.1 Å². The molecule has 0 aliphatic heterocycles. The van der Waals surface area contributed by atoms with Crippen LogP contribution >= 0.6 is 0 Å². The predicted octanol–water partition coefficient (Wildman–Crippen LogP) is 2.79. The van der Waals surface area contributed by atoms with Gasteiger partial charge in [-0.25, -0.2) is 4.39 Å². The molecule has 0 aromatic heterocycles. The summed E-state index contributed by atoms with van der Waals surface area (Å²) in [5, 5.41) is 3.33. The van der Waals surface area contributed by atoms with Crippen LogP contribution in [0.25, 0.3) is 0 Å². The summed E-state index contributed by atoms with van der Waals surface area (Å²) in [5.41, 5.74) is 1.73. The average molecular weight is 255 g/mol. The molecule has 0 aliphatic rings. The van der Waals surface area contributed by atoms with Gasteiger partial charge >= 0.3 is 0 Å². The monoisotopic (exact) mass is 255 g/mol. The molecule has 0 spiro atoms. The first-order chi connectivity index (χ1) is 8.62. The zero-order valence-electron chi connectivity index (χ0n) is 11.5. The van der Waals surface area contributed by atoms with Gasteiger partial charge in [0, 0.05) is 14.2 Å². The van der Waals surface area contributed by atoms with Crippen molar-refractivity contribution < 1.29 is 13.9 Å². The third-order valence-corrected chi connectivity index (χ3v) is 2.77. The van der Waals surface area contributed by atoms with Gasteiger partial charge in [0.1, 0.15) is 5.82 Å². The van der Waals surface area contributed by atoms with E-state index in [0.29, 0.717) is 0 Å². The highest BCUT2D eigenvalue weighted by molar-refractivity contribution is 5.26. The molecule has 0 bridgehead atoms. The van der Waals surface area contributed by atoms with Gasteiger partial charge in [0.05, 0.1) is 6.04 Å². The first-order valence-electron chi connectivity index (χ1n) is 6.18. The van der Waals surface area contributed by atoms with Gasteiger partial charge in [-0.1, -0.05) is 13.0 Å². The summed E-state index contributed by atoms with van der Waals surface area (Å²) in [6, 6.07) is 4.80. The molecule has 1 N–H and O–H groups in total. The third-order valence-electron chi connectivity index (χ3n) is 2.77. The summed E-state index contributed by atoms with van der Waals surface area (Å²) in [7, 11) is 3.17. The largest absolute Gasteiger partial charge is 0.354 e. The van der Waals surface area contributed by atoms with Crippen molar-refractivity contribution in [3.63, 3.8) is 0 Å². The van der Waals surface area contributed by atoms with E-state index in [1.54, 1.807) is 14.2 Å². The van der Waals surface area contributed by atoms with Crippen LogP contribution in [0.2, 0.25) is 0 Å². The number of nitrogens with one attached hydrogen (secondary N) is 1. The molecule has 0 radical (unpaired) electrons. The fourth-order valence-electron chi connectivity index (χ4n) is 1.98. The molecule has 0 fully saturated rings. The minimum absolute atomic E-state index is 0.172. The Kier molecular flexibility index (Phi) is 6.25. The van der Waals surface area contributed by atoms with E-state index in [2.05, 4.69) is 12.2 Å². The van der Waals surface area contributed by atoms with E-state index < -0.39 is 6.29 Å². The first-order valence-corrected chi connectivity index (χ1v) is 6.18. The van der Waals surface area contributed by atoms with Gasteiger partial charge in [0.15, 0.2) is 6.29 Å². The van der Waals surface area contributed by atoms with Crippen LogP contribution in [-0.4, -0.2) is 27.1 Å². The Labute approximate surface area is 108 Å². The second-order valence-corrected chi connectivity index (χ2v) is 4.33. The highest BCUT2D eigenvalue weighted by Gasteiger charge is 2.22. The molecule has 1 rings (SSSR count). The molecule has 0 amide bonds. The minimum Gasteiger partial charge on any atom is -0.354 e. The summed E-state index contributed by atoms with van der Waals surface area (Å²) >= 11 is 0. The van der Waals surface area contributed by atoms with Crippen molar-refractivity contribution in [3.8, 4) is 0 Å².